The smallest absolute Gasteiger partial charge is 0.0589 e. The first-order valence-electron chi connectivity index (χ1n) is 6.96. The van der Waals surface area contributed by atoms with Crippen LogP contribution in [0.2, 0.25) is 0 Å². The molecule has 0 aliphatic rings. The zero-order valence-electron chi connectivity index (χ0n) is 12.9. The van der Waals surface area contributed by atoms with Crippen LogP contribution >= 0.6 is 0 Å². The highest BCUT2D eigenvalue weighted by molar-refractivity contribution is 4.76. The van der Waals surface area contributed by atoms with Crippen molar-refractivity contribution in [1.82, 2.24) is 10.2 Å². The highest BCUT2D eigenvalue weighted by atomic mass is 16.5. The average Bonchev–Trinajstić information content (AvgIpc) is 2.33. The van der Waals surface area contributed by atoms with E-state index in [-0.39, 0.29) is 5.41 Å². The van der Waals surface area contributed by atoms with E-state index < -0.39 is 0 Å². The van der Waals surface area contributed by atoms with Gasteiger partial charge < -0.3 is 19.7 Å². The van der Waals surface area contributed by atoms with Crippen LogP contribution in [0.1, 0.15) is 27.2 Å². The van der Waals surface area contributed by atoms with Crippen molar-refractivity contribution in [3.8, 4) is 0 Å². The molecule has 0 unspecified atom stereocenters. The fourth-order valence-electron chi connectivity index (χ4n) is 2.05. The van der Waals surface area contributed by atoms with Crippen LogP contribution in [0, 0.1) is 5.41 Å². The zero-order chi connectivity index (χ0) is 13.9. The fraction of sp³-hybridized carbons (Fsp3) is 1.00. The minimum Gasteiger partial charge on any atom is -0.385 e. The molecule has 0 saturated carbocycles. The molecule has 0 radical (unpaired) electrons. The molecule has 0 rings (SSSR count). The summed E-state index contributed by atoms with van der Waals surface area (Å²) in [6.45, 7) is 13.6. The molecule has 4 nitrogen and oxygen atoms in total. The first-order valence-corrected chi connectivity index (χ1v) is 6.96. The molecule has 0 aliphatic carbocycles. The van der Waals surface area contributed by atoms with Crippen LogP contribution in [0.3, 0.4) is 0 Å². The van der Waals surface area contributed by atoms with E-state index in [1.807, 2.05) is 0 Å². The Morgan fingerprint density at radius 2 is 1.72 bits per heavy atom. The molecule has 0 bridgehead atoms. The van der Waals surface area contributed by atoms with Gasteiger partial charge in [-0.1, -0.05) is 20.8 Å². The van der Waals surface area contributed by atoms with Gasteiger partial charge in [-0.05, 0) is 18.4 Å². The van der Waals surface area contributed by atoms with E-state index in [0.717, 1.165) is 52.4 Å². The molecule has 0 fully saturated rings. The first kappa shape index (κ1) is 17.8. The maximum Gasteiger partial charge on any atom is 0.0589 e. The molecule has 0 aromatic rings. The molecule has 0 saturated heterocycles. The van der Waals surface area contributed by atoms with Gasteiger partial charge in [0.1, 0.15) is 0 Å². The van der Waals surface area contributed by atoms with Crippen molar-refractivity contribution in [3.63, 3.8) is 0 Å². The van der Waals surface area contributed by atoms with Gasteiger partial charge in [-0.2, -0.15) is 0 Å². The molecule has 0 atom stereocenters. The van der Waals surface area contributed by atoms with Crippen molar-refractivity contribution >= 4 is 0 Å². The molecule has 0 amide bonds. The summed E-state index contributed by atoms with van der Waals surface area (Å²) in [7, 11) is 3.52. The Bertz CT molecular complexity index is 187. The van der Waals surface area contributed by atoms with Gasteiger partial charge in [0.25, 0.3) is 0 Å². The fourth-order valence-corrected chi connectivity index (χ4v) is 2.05. The highest BCUT2D eigenvalue weighted by Crippen LogP contribution is 2.16. The Morgan fingerprint density at radius 3 is 2.28 bits per heavy atom. The van der Waals surface area contributed by atoms with Crippen LogP contribution in [-0.4, -0.2) is 65.1 Å². The van der Waals surface area contributed by atoms with Crippen LogP contribution in [0.15, 0.2) is 0 Å². The van der Waals surface area contributed by atoms with E-state index in [2.05, 4.69) is 31.0 Å². The lowest BCUT2D eigenvalue weighted by molar-refractivity contribution is 0.105. The Balaban J connectivity index is 4.09. The molecule has 0 heterocycles. The third kappa shape index (κ3) is 9.83. The molecule has 0 spiro atoms. The normalized spacial score (nSPS) is 12.3. The predicted molar refractivity (Wildman–Crippen MR) is 77.1 cm³/mol. The summed E-state index contributed by atoms with van der Waals surface area (Å²) in [6, 6.07) is 0. The molecule has 1 N–H and O–H groups in total. The van der Waals surface area contributed by atoms with Gasteiger partial charge >= 0.3 is 0 Å². The lowest BCUT2D eigenvalue weighted by atomic mass is 9.92. The van der Waals surface area contributed by atoms with E-state index in [9.17, 15) is 0 Å². The number of nitrogens with zero attached hydrogens (tertiary/aromatic N) is 1. The topological polar surface area (TPSA) is 33.7 Å². The summed E-state index contributed by atoms with van der Waals surface area (Å²) >= 11 is 0. The van der Waals surface area contributed by atoms with Crippen LogP contribution in [-0.2, 0) is 9.47 Å². The van der Waals surface area contributed by atoms with E-state index in [1.54, 1.807) is 14.2 Å². The summed E-state index contributed by atoms with van der Waals surface area (Å²) < 4.78 is 10.3. The van der Waals surface area contributed by atoms with Crippen molar-refractivity contribution < 1.29 is 9.47 Å². The maximum atomic E-state index is 5.19. The first-order chi connectivity index (χ1) is 8.55. The van der Waals surface area contributed by atoms with Crippen LogP contribution in [0.4, 0.5) is 0 Å². The van der Waals surface area contributed by atoms with Gasteiger partial charge in [0, 0.05) is 47.0 Å². The Kier molecular flexibility index (Phi) is 10.6. The van der Waals surface area contributed by atoms with Gasteiger partial charge in [-0.15, -0.1) is 0 Å². The largest absolute Gasteiger partial charge is 0.385 e. The van der Waals surface area contributed by atoms with Gasteiger partial charge in [-0.3, -0.25) is 0 Å². The minimum atomic E-state index is 0.289. The monoisotopic (exact) mass is 260 g/mol. The van der Waals surface area contributed by atoms with E-state index in [1.165, 1.54) is 0 Å². The molecule has 18 heavy (non-hydrogen) atoms. The highest BCUT2D eigenvalue weighted by Gasteiger charge is 2.21. The second kappa shape index (κ2) is 10.7. The molecule has 110 valence electrons. The summed E-state index contributed by atoms with van der Waals surface area (Å²) in [5.41, 5.74) is 0.289. The summed E-state index contributed by atoms with van der Waals surface area (Å²) in [4.78, 5) is 2.47. The second-order valence-electron chi connectivity index (χ2n) is 5.56. The van der Waals surface area contributed by atoms with Gasteiger partial charge in [0.15, 0.2) is 0 Å². The number of ether oxygens (including phenoxy) is 2. The Morgan fingerprint density at radius 1 is 1.06 bits per heavy atom. The summed E-state index contributed by atoms with van der Waals surface area (Å²) in [5.74, 6) is 0. The standard InChI is InChI=1S/C14H32N2O2/c1-6-15-12-14(2,3)13-16(9-11-18-5)8-7-10-17-4/h15H,6-13H2,1-5H3. The average molecular weight is 260 g/mol. The Labute approximate surface area is 113 Å². The van der Waals surface area contributed by atoms with E-state index in [0.29, 0.717) is 0 Å². The second-order valence-corrected chi connectivity index (χ2v) is 5.56. The van der Waals surface area contributed by atoms with Crippen molar-refractivity contribution in [3.05, 3.63) is 0 Å². The molecular weight excluding hydrogens is 228 g/mol. The quantitative estimate of drug-likeness (QED) is 0.541. The van der Waals surface area contributed by atoms with E-state index in [4.69, 9.17) is 9.47 Å². The van der Waals surface area contributed by atoms with E-state index >= 15 is 0 Å². The predicted octanol–water partition coefficient (Wildman–Crippen LogP) is 1.61. The van der Waals surface area contributed by atoms with Crippen molar-refractivity contribution in [1.29, 1.82) is 0 Å². The maximum absolute atomic E-state index is 5.19. The third-order valence-electron chi connectivity index (χ3n) is 2.94. The molecule has 0 aromatic carbocycles. The molecular formula is C14H32N2O2. The number of rotatable bonds is 12. The number of hydrogen-bond donors (Lipinski definition) is 1. The molecule has 0 aliphatic heterocycles. The van der Waals surface area contributed by atoms with Crippen LogP contribution < -0.4 is 5.32 Å². The van der Waals surface area contributed by atoms with Gasteiger partial charge in [0.2, 0.25) is 0 Å². The van der Waals surface area contributed by atoms with Crippen LogP contribution in [0.5, 0.6) is 0 Å². The minimum absolute atomic E-state index is 0.289. The lowest BCUT2D eigenvalue weighted by Crippen LogP contribution is -2.42. The molecule has 0 aromatic heterocycles. The van der Waals surface area contributed by atoms with Gasteiger partial charge in [0.05, 0.1) is 6.61 Å². The number of hydrogen-bond acceptors (Lipinski definition) is 4. The lowest BCUT2D eigenvalue weighted by Gasteiger charge is -2.33. The van der Waals surface area contributed by atoms with Crippen molar-refractivity contribution in [2.75, 3.05) is 60.2 Å². The summed E-state index contributed by atoms with van der Waals surface area (Å²) in [5, 5.41) is 3.43. The zero-order valence-corrected chi connectivity index (χ0v) is 12.9. The van der Waals surface area contributed by atoms with Gasteiger partial charge in [-0.25, -0.2) is 0 Å². The third-order valence-corrected chi connectivity index (χ3v) is 2.94. The number of methoxy groups -OCH3 is 2. The molecule has 4 heteroatoms. The van der Waals surface area contributed by atoms with Crippen molar-refractivity contribution in [2.45, 2.75) is 27.2 Å². The summed E-state index contributed by atoms with van der Waals surface area (Å²) in [6.07, 6.45) is 1.08. The Hall–Kier alpha value is -0.160. The van der Waals surface area contributed by atoms with Crippen LogP contribution in [0.25, 0.3) is 0 Å². The SMILES string of the molecule is CCNCC(C)(C)CN(CCCOC)CCOC. The number of nitrogens with one attached hydrogen (secondary N) is 1. The van der Waals surface area contributed by atoms with Crippen molar-refractivity contribution in [2.24, 2.45) is 5.41 Å².